The van der Waals surface area contributed by atoms with Crippen molar-refractivity contribution in [3.63, 3.8) is 0 Å². The van der Waals surface area contributed by atoms with E-state index < -0.39 is 11.9 Å². The number of carbonyl (C=O) groups is 2. The monoisotopic (exact) mass is 268 g/mol. The first-order chi connectivity index (χ1) is 7.54. The molecule has 0 bridgehead atoms. The minimum atomic E-state index is -1.08. The van der Waals surface area contributed by atoms with Gasteiger partial charge >= 0.3 is 63.3 Å². The Morgan fingerprint density at radius 1 is 1.06 bits per heavy atom. The first kappa shape index (κ1) is 22.5. The number of hydrogen-bond acceptors (Lipinski definition) is 2. The third-order valence-electron chi connectivity index (χ3n) is 1.78. The van der Waals surface area contributed by atoms with Crippen LogP contribution in [0, 0.1) is 6.58 Å². The number of unbranched alkanes of at least 4 members (excludes halogenated alkanes) is 4. The Bertz CT molecular complexity index is 191. The molecule has 0 unspecified atom stereocenters. The molecule has 0 aromatic rings. The molecular formula is C12H21KO4. The summed E-state index contributed by atoms with van der Waals surface area (Å²) in [4.78, 5) is 19.3. The number of carboxylic acid groups (broad SMARTS) is 2. The van der Waals surface area contributed by atoms with Crippen LogP contribution in [0.1, 0.15) is 51.9 Å². The molecule has 17 heavy (non-hydrogen) atoms. The molecular weight excluding hydrogens is 247 g/mol. The number of allylic oxidation sites excluding steroid dienone is 1. The number of carboxylic acids is 2. The van der Waals surface area contributed by atoms with Gasteiger partial charge in [-0.05, 0) is 0 Å². The zero-order chi connectivity index (χ0) is 12.8. The van der Waals surface area contributed by atoms with Crippen LogP contribution in [0.4, 0.5) is 0 Å². The van der Waals surface area contributed by atoms with Crippen molar-refractivity contribution in [1.82, 2.24) is 0 Å². The molecule has 0 aliphatic heterocycles. The maximum atomic E-state index is 9.64. The predicted molar refractivity (Wildman–Crippen MR) is 62.1 cm³/mol. The van der Waals surface area contributed by atoms with E-state index in [4.69, 9.17) is 16.8 Å². The van der Waals surface area contributed by atoms with Crippen LogP contribution in [0.2, 0.25) is 0 Å². The third-order valence-corrected chi connectivity index (χ3v) is 1.78. The first-order valence-electron chi connectivity index (χ1n) is 5.51. The van der Waals surface area contributed by atoms with Gasteiger partial charge < -0.3 is 16.8 Å². The van der Waals surface area contributed by atoms with Crippen molar-refractivity contribution in [2.24, 2.45) is 0 Å². The minimum absolute atomic E-state index is 0. The molecule has 0 saturated heterocycles. The Kier molecular flexibility index (Phi) is 24.7. The summed E-state index contributed by atoms with van der Waals surface area (Å²) in [5.41, 5.74) is 0. The fourth-order valence-electron chi connectivity index (χ4n) is 0.903. The molecule has 0 aromatic carbocycles. The molecule has 0 heterocycles. The SMILES string of the molecule is O=C(O)CCC(=O)O.[CH-]=CCCCCCC.[K+]. The number of aliphatic carboxylic acids is 2. The van der Waals surface area contributed by atoms with Crippen molar-refractivity contribution in [1.29, 1.82) is 0 Å². The van der Waals surface area contributed by atoms with Crippen LogP contribution in [0.25, 0.3) is 0 Å². The second-order valence-electron chi connectivity index (χ2n) is 3.37. The van der Waals surface area contributed by atoms with Crippen molar-refractivity contribution in [3.8, 4) is 0 Å². The summed E-state index contributed by atoms with van der Waals surface area (Å²) in [5.74, 6) is -2.15. The minimum Gasteiger partial charge on any atom is -0.518 e. The second-order valence-corrected chi connectivity index (χ2v) is 3.37. The van der Waals surface area contributed by atoms with E-state index in [-0.39, 0.29) is 64.2 Å². The van der Waals surface area contributed by atoms with Gasteiger partial charge in [0.15, 0.2) is 0 Å². The maximum absolute atomic E-state index is 9.64. The topological polar surface area (TPSA) is 74.6 Å². The first-order valence-corrected chi connectivity index (χ1v) is 5.51. The number of rotatable bonds is 8. The zero-order valence-electron chi connectivity index (χ0n) is 10.8. The van der Waals surface area contributed by atoms with E-state index in [1.54, 1.807) is 6.08 Å². The van der Waals surface area contributed by atoms with Gasteiger partial charge in [-0.25, -0.2) is 0 Å². The van der Waals surface area contributed by atoms with Crippen LogP contribution in [-0.2, 0) is 9.59 Å². The standard InChI is InChI=1S/C8H15.C4H6O4.K/c1-3-5-7-8-6-4-2;5-3(6)1-2-4(7)8;/h1,3H,4-8H2,2H3;1-2H2,(H,5,6)(H,7,8);/q-1;;+1. The average Bonchev–Trinajstić information content (AvgIpc) is 2.23. The molecule has 0 fully saturated rings. The van der Waals surface area contributed by atoms with Crippen molar-refractivity contribution >= 4 is 11.9 Å². The van der Waals surface area contributed by atoms with Crippen molar-refractivity contribution < 1.29 is 71.2 Å². The fraction of sp³-hybridized carbons (Fsp3) is 0.667. The molecule has 0 aromatic heterocycles. The quantitative estimate of drug-likeness (QED) is 0.366. The molecule has 0 rings (SSSR count). The molecule has 0 saturated carbocycles. The molecule has 94 valence electrons. The average molecular weight is 268 g/mol. The smallest absolute Gasteiger partial charge is 0.518 e. The van der Waals surface area contributed by atoms with E-state index in [0.29, 0.717) is 0 Å². The normalized spacial score (nSPS) is 8.29. The van der Waals surface area contributed by atoms with Gasteiger partial charge in [0.25, 0.3) is 0 Å². The van der Waals surface area contributed by atoms with Gasteiger partial charge in [0.05, 0.1) is 12.8 Å². The van der Waals surface area contributed by atoms with Crippen LogP contribution < -0.4 is 51.4 Å². The number of hydrogen-bond donors (Lipinski definition) is 2. The Morgan fingerprint density at radius 2 is 1.53 bits per heavy atom. The summed E-state index contributed by atoms with van der Waals surface area (Å²) < 4.78 is 0. The zero-order valence-corrected chi connectivity index (χ0v) is 13.9. The van der Waals surface area contributed by atoms with Crippen molar-refractivity contribution in [2.45, 2.75) is 51.9 Å². The molecule has 0 radical (unpaired) electrons. The van der Waals surface area contributed by atoms with Gasteiger partial charge in [-0.1, -0.05) is 39.0 Å². The molecule has 0 aliphatic carbocycles. The molecule has 0 amide bonds. The summed E-state index contributed by atoms with van der Waals surface area (Å²) in [6.07, 6.45) is 7.51. The Morgan fingerprint density at radius 3 is 1.82 bits per heavy atom. The van der Waals surface area contributed by atoms with E-state index in [0.717, 1.165) is 6.42 Å². The van der Waals surface area contributed by atoms with Gasteiger partial charge in [0, 0.05) is 0 Å². The van der Waals surface area contributed by atoms with E-state index in [1.165, 1.54) is 25.7 Å². The van der Waals surface area contributed by atoms with E-state index >= 15 is 0 Å². The predicted octanol–water partition coefficient (Wildman–Crippen LogP) is -0.114. The van der Waals surface area contributed by atoms with E-state index in [2.05, 4.69) is 6.92 Å². The van der Waals surface area contributed by atoms with Crippen LogP contribution in [0.3, 0.4) is 0 Å². The Labute approximate surface area is 146 Å². The van der Waals surface area contributed by atoms with Crippen LogP contribution >= 0.6 is 0 Å². The van der Waals surface area contributed by atoms with Gasteiger partial charge in [-0.3, -0.25) is 15.7 Å². The van der Waals surface area contributed by atoms with E-state index in [9.17, 15) is 9.59 Å². The molecule has 4 nitrogen and oxygen atoms in total. The summed E-state index contributed by atoms with van der Waals surface area (Å²) in [6, 6.07) is 0. The molecule has 2 N–H and O–H groups in total. The molecule has 0 atom stereocenters. The molecule has 5 heteroatoms. The van der Waals surface area contributed by atoms with Crippen LogP contribution in [-0.4, -0.2) is 22.2 Å². The van der Waals surface area contributed by atoms with Crippen molar-refractivity contribution in [3.05, 3.63) is 12.7 Å². The third kappa shape index (κ3) is 31.4. The van der Waals surface area contributed by atoms with Crippen LogP contribution in [0.5, 0.6) is 0 Å². The van der Waals surface area contributed by atoms with Crippen molar-refractivity contribution in [2.75, 3.05) is 0 Å². The molecule has 0 spiro atoms. The summed E-state index contributed by atoms with van der Waals surface area (Å²) in [7, 11) is 0. The largest absolute Gasteiger partial charge is 1.00 e. The Hall–Kier alpha value is 0.316. The fourth-order valence-corrected chi connectivity index (χ4v) is 0.903. The van der Waals surface area contributed by atoms with E-state index in [1.807, 2.05) is 0 Å². The summed E-state index contributed by atoms with van der Waals surface area (Å²) >= 11 is 0. The van der Waals surface area contributed by atoms with Gasteiger partial charge in [-0.15, -0.1) is 0 Å². The molecule has 0 aliphatic rings. The maximum Gasteiger partial charge on any atom is 1.00 e. The van der Waals surface area contributed by atoms with Crippen LogP contribution in [0.15, 0.2) is 6.08 Å². The Balaban J connectivity index is -0.000000218. The second kappa shape index (κ2) is 18.7. The van der Waals surface area contributed by atoms with Gasteiger partial charge in [0.1, 0.15) is 0 Å². The summed E-state index contributed by atoms with van der Waals surface area (Å²) in [6.45, 7) is 7.40. The van der Waals surface area contributed by atoms with Gasteiger partial charge in [-0.2, -0.15) is 0 Å². The summed E-state index contributed by atoms with van der Waals surface area (Å²) in [5, 5.41) is 15.8. The van der Waals surface area contributed by atoms with Gasteiger partial charge in [0.2, 0.25) is 0 Å².